The highest BCUT2D eigenvalue weighted by molar-refractivity contribution is 5.99. The van der Waals surface area contributed by atoms with E-state index in [4.69, 9.17) is 4.74 Å². The average Bonchev–Trinajstić information content (AvgIpc) is 3.24. The molecule has 0 aliphatic rings. The standard InChI is InChI=1S/C21H25N5O3/c1-13(2)26-15(4)10-18(16(26)5)19(27)12-29-20(28)11-25-23-21(22-24-25)17-8-6-14(3)7-9-17/h6-10,13H,11-12H2,1-5H3. The van der Waals surface area contributed by atoms with Crippen LogP contribution in [0.3, 0.4) is 0 Å². The van der Waals surface area contributed by atoms with Gasteiger partial charge in [-0.25, -0.2) is 4.79 Å². The molecule has 0 atom stereocenters. The molecule has 1 aromatic carbocycles. The number of aryl methyl sites for hydroxylation is 2. The van der Waals surface area contributed by atoms with Crippen molar-refractivity contribution in [2.45, 2.75) is 47.2 Å². The van der Waals surface area contributed by atoms with E-state index >= 15 is 0 Å². The van der Waals surface area contributed by atoms with Crippen LogP contribution in [0.15, 0.2) is 30.3 Å². The molecule has 0 spiro atoms. The Bertz CT molecular complexity index is 1030. The van der Waals surface area contributed by atoms with Crippen molar-refractivity contribution in [1.29, 1.82) is 0 Å². The van der Waals surface area contributed by atoms with Crippen molar-refractivity contribution in [3.05, 3.63) is 52.8 Å². The number of carbonyl (C=O) groups is 2. The number of esters is 1. The van der Waals surface area contributed by atoms with Crippen molar-refractivity contribution in [2.75, 3.05) is 6.61 Å². The van der Waals surface area contributed by atoms with E-state index in [9.17, 15) is 9.59 Å². The summed E-state index contributed by atoms with van der Waals surface area (Å²) in [7, 11) is 0. The summed E-state index contributed by atoms with van der Waals surface area (Å²) in [5.41, 5.74) is 4.39. The normalized spacial score (nSPS) is 11.1. The van der Waals surface area contributed by atoms with E-state index in [1.165, 1.54) is 0 Å². The predicted molar refractivity (Wildman–Crippen MR) is 108 cm³/mol. The van der Waals surface area contributed by atoms with Gasteiger partial charge in [0.1, 0.15) is 0 Å². The Morgan fingerprint density at radius 2 is 1.79 bits per heavy atom. The van der Waals surface area contributed by atoms with E-state index in [0.717, 1.165) is 27.3 Å². The summed E-state index contributed by atoms with van der Waals surface area (Å²) in [4.78, 5) is 25.7. The van der Waals surface area contributed by atoms with Crippen LogP contribution >= 0.6 is 0 Å². The third-order valence-electron chi connectivity index (χ3n) is 4.70. The van der Waals surface area contributed by atoms with E-state index in [-0.39, 0.29) is 25.0 Å². The number of nitrogens with zero attached hydrogens (tertiary/aromatic N) is 5. The number of carbonyl (C=O) groups excluding carboxylic acids is 2. The highest BCUT2D eigenvalue weighted by Crippen LogP contribution is 2.20. The van der Waals surface area contributed by atoms with Crippen LogP contribution in [-0.4, -0.2) is 43.1 Å². The van der Waals surface area contributed by atoms with E-state index in [1.54, 1.807) is 0 Å². The fraction of sp³-hybridized carbons (Fsp3) is 0.381. The molecule has 0 aliphatic carbocycles. The lowest BCUT2D eigenvalue weighted by molar-refractivity contribution is -0.143. The maximum Gasteiger partial charge on any atom is 0.330 e. The van der Waals surface area contributed by atoms with Crippen molar-refractivity contribution < 1.29 is 14.3 Å². The molecule has 3 rings (SSSR count). The second-order valence-corrected chi connectivity index (χ2v) is 7.34. The molecule has 8 heteroatoms. The third-order valence-corrected chi connectivity index (χ3v) is 4.70. The minimum Gasteiger partial charge on any atom is -0.456 e. The molecule has 8 nitrogen and oxygen atoms in total. The lowest BCUT2D eigenvalue weighted by Crippen LogP contribution is -2.20. The minimum absolute atomic E-state index is 0.211. The number of aromatic nitrogens is 5. The second kappa shape index (κ2) is 8.38. The molecule has 2 heterocycles. The summed E-state index contributed by atoms with van der Waals surface area (Å²) in [6.07, 6.45) is 0. The van der Waals surface area contributed by atoms with Gasteiger partial charge in [0.2, 0.25) is 11.6 Å². The molecule has 0 radical (unpaired) electrons. The number of hydrogen-bond acceptors (Lipinski definition) is 6. The number of ketones is 1. The van der Waals surface area contributed by atoms with Crippen molar-refractivity contribution in [1.82, 2.24) is 24.8 Å². The number of rotatable bonds is 7. The van der Waals surface area contributed by atoms with Gasteiger partial charge in [-0.2, -0.15) is 4.80 Å². The molecule has 3 aromatic rings. The van der Waals surface area contributed by atoms with Gasteiger partial charge >= 0.3 is 5.97 Å². The zero-order chi connectivity index (χ0) is 21.1. The fourth-order valence-electron chi connectivity index (χ4n) is 3.37. The first-order chi connectivity index (χ1) is 13.8. The quantitative estimate of drug-likeness (QED) is 0.451. The van der Waals surface area contributed by atoms with Gasteiger partial charge in [0, 0.05) is 28.6 Å². The summed E-state index contributed by atoms with van der Waals surface area (Å²) in [5, 5.41) is 12.0. The van der Waals surface area contributed by atoms with Crippen LogP contribution in [0, 0.1) is 20.8 Å². The minimum atomic E-state index is -0.594. The fourth-order valence-corrected chi connectivity index (χ4v) is 3.37. The molecule has 0 saturated heterocycles. The van der Waals surface area contributed by atoms with Gasteiger partial charge in [-0.1, -0.05) is 29.8 Å². The number of benzene rings is 1. The first-order valence-electron chi connectivity index (χ1n) is 9.48. The van der Waals surface area contributed by atoms with Crippen LogP contribution in [0.25, 0.3) is 11.4 Å². The molecule has 0 N–H and O–H groups in total. The SMILES string of the molecule is Cc1ccc(-c2nnn(CC(=O)OCC(=O)c3cc(C)n(C(C)C)c3C)n2)cc1. The zero-order valence-corrected chi connectivity index (χ0v) is 17.3. The van der Waals surface area contributed by atoms with Crippen molar-refractivity contribution in [3.8, 4) is 11.4 Å². The van der Waals surface area contributed by atoms with Crippen molar-refractivity contribution >= 4 is 11.8 Å². The largest absolute Gasteiger partial charge is 0.456 e. The maximum absolute atomic E-state index is 12.5. The number of hydrogen-bond donors (Lipinski definition) is 0. The van der Waals surface area contributed by atoms with E-state index in [0.29, 0.717) is 11.4 Å². The lowest BCUT2D eigenvalue weighted by Gasteiger charge is -2.13. The van der Waals surface area contributed by atoms with Crippen LogP contribution in [-0.2, 0) is 16.1 Å². The monoisotopic (exact) mass is 395 g/mol. The molecule has 0 amide bonds. The van der Waals surface area contributed by atoms with Gasteiger partial charge in [0.15, 0.2) is 13.2 Å². The Kier molecular flexibility index (Phi) is 5.91. The highest BCUT2D eigenvalue weighted by atomic mass is 16.5. The molecule has 0 unspecified atom stereocenters. The Morgan fingerprint density at radius 3 is 2.41 bits per heavy atom. The first-order valence-corrected chi connectivity index (χ1v) is 9.48. The second-order valence-electron chi connectivity index (χ2n) is 7.34. The smallest absolute Gasteiger partial charge is 0.330 e. The van der Waals surface area contributed by atoms with E-state index in [2.05, 4.69) is 33.8 Å². The number of Topliss-reactive ketones (excluding diaryl/α,β-unsaturated/α-hetero) is 1. The summed E-state index contributed by atoms with van der Waals surface area (Å²) >= 11 is 0. The van der Waals surface area contributed by atoms with Gasteiger partial charge in [-0.3, -0.25) is 4.79 Å². The molecule has 0 aliphatic heterocycles. The summed E-state index contributed by atoms with van der Waals surface area (Å²) in [5.74, 6) is -0.399. The lowest BCUT2D eigenvalue weighted by atomic mass is 10.1. The molecule has 0 bridgehead atoms. The maximum atomic E-state index is 12.5. The van der Waals surface area contributed by atoms with Crippen LogP contribution in [0.4, 0.5) is 0 Å². The summed E-state index contributed by atoms with van der Waals surface area (Å²) < 4.78 is 7.22. The molecule has 0 saturated carbocycles. The average molecular weight is 395 g/mol. The molecule has 0 fully saturated rings. The van der Waals surface area contributed by atoms with E-state index < -0.39 is 5.97 Å². The molecular formula is C21H25N5O3. The van der Waals surface area contributed by atoms with Gasteiger partial charge < -0.3 is 9.30 Å². The van der Waals surface area contributed by atoms with E-state index in [1.807, 2.05) is 51.1 Å². The molecule has 29 heavy (non-hydrogen) atoms. The van der Waals surface area contributed by atoms with Crippen LogP contribution in [0.2, 0.25) is 0 Å². The summed E-state index contributed by atoms with van der Waals surface area (Å²) in [6.45, 7) is 9.43. The predicted octanol–water partition coefficient (Wildman–Crippen LogP) is 3.07. The Labute approximate surface area is 169 Å². The van der Waals surface area contributed by atoms with Gasteiger partial charge in [0.25, 0.3) is 0 Å². The Hall–Kier alpha value is -3.29. The van der Waals surface area contributed by atoms with Crippen LogP contribution in [0.5, 0.6) is 0 Å². The number of tetrazole rings is 1. The molecule has 152 valence electrons. The topological polar surface area (TPSA) is 91.9 Å². The third kappa shape index (κ3) is 4.59. The Morgan fingerprint density at radius 1 is 1.10 bits per heavy atom. The highest BCUT2D eigenvalue weighted by Gasteiger charge is 2.19. The van der Waals surface area contributed by atoms with Crippen LogP contribution < -0.4 is 0 Å². The number of ether oxygens (including phenoxy) is 1. The van der Waals surface area contributed by atoms with Crippen LogP contribution in [0.1, 0.15) is 47.2 Å². The Balaban J connectivity index is 1.59. The molecule has 2 aromatic heterocycles. The van der Waals surface area contributed by atoms with Crippen molar-refractivity contribution in [2.24, 2.45) is 0 Å². The van der Waals surface area contributed by atoms with Gasteiger partial charge in [0.05, 0.1) is 0 Å². The summed E-state index contributed by atoms with van der Waals surface area (Å²) in [6, 6.07) is 9.76. The molecular weight excluding hydrogens is 370 g/mol. The first kappa shape index (κ1) is 20.4. The zero-order valence-electron chi connectivity index (χ0n) is 17.3. The van der Waals surface area contributed by atoms with Gasteiger partial charge in [-0.15, -0.1) is 10.2 Å². The van der Waals surface area contributed by atoms with Crippen molar-refractivity contribution in [3.63, 3.8) is 0 Å². The van der Waals surface area contributed by atoms with Gasteiger partial charge in [-0.05, 0) is 45.9 Å².